The standard InChI is InChI=1S/C20H19NO5S/c1-3-25-20(23)18-14(17-15(24-2)5-4-6-16(17)27-18)11-26-13-9-7-12(8-10-13)19(21)22/h4-10H,3,11H2,1-2H3,(H2,21,22). The molecule has 3 aromatic rings. The van der Waals surface area contributed by atoms with Gasteiger partial charge in [-0.25, -0.2) is 4.79 Å². The van der Waals surface area contributed by atoms with Crippen molar-refractivity contribution in [3.8, 4) is 11.5 Å². The predicted molar refractivity (Wildman–Crippen MR) is 104 cm³/mol. The van der Waals surface area contributed by atoms with Crippen LogP contribution in [0.1, 0.15) is 32.5 Å². The van der Waals surface area contributed by atoms with Gasteiger partial charge in [0.05, 0.1) is 13.7 Å². The molecule has 0 aliphatic rings. The number of benzene rings is 2. The van der Waals surface area contributed by atoms with Crippen molar-refractivity contribution in [2.75, 3.05) is 13.7 Å². The Morgan fingerprint density at radius 3 is 2.48 bits per heavy atom. The zero-order valence-electron chi connectivity index (χ0n) is 15.0. The van der Waals surface area contributed by atoms with E-state index in [4.69, 9.17) is 19.9 Å². The van der Waals surface area contributed by atoms with Crippen LogP contribution < -0.4 is 15.2 Å². The van der Waals surface area contributed by atoms with Crippen molar-refractivity contribution in [3.05, 3.63) is 58.5 Å². The molecule has 0 bridgehead atoms. The van der Waals surface area contributed by atoms with E-state index in [2.05, 4.69) is 0 Å². The van der Waals surface area contributed by atoms with Crippen LogP contribution in [0.5, 0.6) is 11.5 Å². The maximum atomic E-state index is 12.4. The van der Waals surface area contributed by atoms with Crippen molar-refractivity contribution in [1.29, 1.82) is 0 Å². The molecule has 2 N–H and O–H groups in total. The van der Waals surface area contributed by atoms with Gasteiger partial charge in [0, 0.05) is 21.2 Å². The van der Waals surface area contributed by atoms with E-state index in [9.17, 15) is 9.59 Å². The van der Waals surface area contributed by atoms with Gasteiger partial charge in [-0.05, 0) is 43.3 Å². The summed E-state index contributed by atoms with van der Waals surface area (Å²) in [5.41, 5.74) is 6.36. The van der Waals surface area contributed by atoms with Crippen LogP contribution in [0.15, 0.2) is 42.5 Å². The van der Waals surface area contributed by atoms with Gasteiger partial charge in [0.25, 0.3) is 0 Å². The quantitative estimate of drug-likeness (QED) is 0.626. The molecule has 0 saturated heterocycles. The second kappa shape index (κ2) is 8.09. The highest BCUT2D eigenvalue weighted by atomic mass is 32.1. The molecule has 1 heterocycles. The summed E-state index contributed by atoms with van der Waals surface area (Å²) in [6.45, 7) is 2.21. The predicted octanol–water partition coefficient (Wildman–Crippen LogP) is 3.76. The monoisotopic (exact) mass is 385 g/mol. The largest absolute Gasteiger partial charge is 0.496 e. The third-order valence-corrected chi connectivity index (χ3v) is 5.16. The molecule has 0 unspecified atom stereocenters. The Morgan fingerprint density at radius 2 is 1.85 bits per heavy atom. The number of carbonyl (C=O) groups is 2. The van der Waals surface area contributed by atoms with E-state index >= 15 is 0 Å². The number of carbonyl (C=O) groups excluding carboxylic acids is 2. The number of ether oxygens (including phenoxy) is 3. The molecule has 140 valence electrons. The fraction of sp³-hybridized carbons (Fsp3) is 0.200. The minimum absolute atomic E-state index is 0.157. The first-order chi connectivity index (χ1) is 13.0. The van der Waals surface area contributed by atoms with Crippen LogP contribution >= 0.6 is 11.3 Å². The summed E-state index contributed by atoms with van der Waals surface area (Å²) in [7, 11) is 1.59. The van der Waals surface area contributed by atoms with Crippen molar-refractivity contribution in [2.24, 2.45) is 5.73 Å². The van der Waals surface area contributed by atoms with Crippen molar-refractivity contribution in [3.63, 3.8) is 0 Å². The van der Waals surface area contributed by atoms with E-state index in [1.165, 1.54) is 11.3 Å². The second-order valence-corrected chi connectivity index (χ2v) is 6.69. The number of nitrogens with two attached hydrogens (primary N) is 1. The number of rotatable bonds is 7. The highest BCUT2D eigenvalue weighted by Gasteiger charge is 2.22. The Kier molecular flexibility index (Phi) is 5.61. The third-order valence-electron chi connectivity index (χ3n) is 3.98. The fourth-order valence-electron chi connectivity index (χ4n) is 2.72. The van der Waals surface area contributed by atoms with Crippen LogP contribution in [0.3, 0.4) is 0 Å². The highest BCUT2D eigenvalue weighted by Crippen LogP contribution is 2.38. The van der Waals surface area contributed by atoms with Crippen LogP contribution in [-0.2, 0) is 11.3 Å². The highest BCUT2D eigenvalue weighted by molar-refractivity contribution is 7.21. The van der Waals surface area contributed by atoms with Crippen molar-refractivity contribution >= 4 is 33.3 Å². The average Bonchev–Trinajstić information content (AvgIpc) is 3.05. The maximum Gasteiger partial charge on any atom is 0.348 e. The first kappa shape index (κ1) is 18.7. The van der Waals surface area contributed by atoms with Crippen molar-refractivity contribution in [2.45, 2.75) is 13.5 Å². The summed E-state index contributed by atoms with van der Waals surface area (Å²) in [6, 6.07) is 12.2. The number of hydrogen-bond acceptors (Lipinski definition) is 6. The molecule has 0 radical (unpaired) electrons. The van der Waals surface area contributed by atoms with Gasteiger partial charge >= 0.3 is 5.97 Å². The zero-order chi connectivity index (χ0) is 19.4. The summed E-state index contributed by atoms with van der Waals surface area (Å²) in [6.07, 6.45) is 0. The van der Waals surface area contributed by atoms with Crippen molar-refractivity contribution < 1.29 is 23.8 Å². The van der Waals surface area contributed by atoms with E-state index in [0.717, 1.165) is 10.1 Å². The molecule has 0 aliphatic heterocycles. The van der Waals surface area contributed by atoms with E-state index in [0.29, 0.717) is 34.1 Å². The number of methoxy groups -OCH3 is 1. The van der Waals surface area contributed by atoms with Gasteiger partial charge < -0.3 is 19.9 Å². The van der Waals surface area contributed by atoms with Gasteiger partial charge in [-0.15, -0.1) is 11.3 Å². The lowest BCUT2D eigenvalue weighted by atomic mass is 10.1. The van der Waals surface area contributed by atoms with Crippen LogP contribution in [0.25, 0.3) is 10.1 Å². The number of primary amides is 1. The number of fused-ring (bicyclic) bond motifs is 1. The molecule has 3 rings (SSSR count). The van der Waals surface area contributed by atoms with Crippen molar-refractivity contribution in [1.82, 2.24) is 0 Å². The van der Waals surface area contributed by atoms with Gasteiger partial charge in [-0.2, -0.15) is 0 Å². The normalized spacial score (nSPS) is 10.6. The molecule has 27 heavy (non-hydrogen) atoms. The second-order valence-electron chi connectivity index (χ2n) is 5.64. The van der Waals surface area contributed by atoms with E-state index in [1.807, 2.05) is 18.2 Å². The van der Waals surface area contributed by atoms with Gasteiger partial charge in [-0.3, -0.25) is 4.79 Å². The van der Waals surface area contributed by atoms with Crippen LogP contribution in [0.4, 0.5) is 0 Å². The fourth-order valence-corrected chi connectivity index (χ4v) is 3.84. The molecule has 0 fully saturated rings. The van der Waals surface area contributed by atoms with E-state index < -0.39 is 5.91 Å². The molecule has 0 aliphatic carbocycles. The smallest absolute Gasteiger partial charge is 0.348 e. The first-order valence-electron chi connectivity index (χ1n) is 8.33. The van der Waals surface area contributed by atoms with Gasteiger partial charge in [0.1, 0.15) is 23.0 Å². The molecule has 0 atom stereocenters. The Bertz CT molecular complexity index is 978. The molecule has 1 aromatic heterocycles. The number of hydrogen-bond donors (Lipinski definition) is 1. The first-order valence-corrected chi connectivity index (χ1v) is 9.15. The molecule has 2 aromatic carbocycles. The van der Waals surface area contributed by atoms with Gasteiger partial charge in [-0.1, -0.05) is 6.07 Å². The summed E-state index contributed by atoms with van der Waals surface area (Å²) >= 11 is 1.35. The Balaban J connectivity index is 1.96. The Morgan fingerprint density at radius 1 is 1.11 bits per heavy atom. The SMILES string of the molecule is CCOC(=O)c1sc2cccc(OC)c2c1COc1ccc(C(N)=O)cc1. The minimum Gasteiger partial charge on any atom is -0.496 e. The summed E-state index contributed by atoms with van der Waals surface area (Å²) < 4.78 is 17.4. The number of thiophene rings is 1. The number of esters is 1. The minimum atomic E-state index is -0.500. The van der Waals surface area contributed by atoms with E-state index in [-0.39, 0.29) is 12.6 Å². The molecule has 0 spiro atoms. The lowest BCUT2D eigenvalue weighted by molar-refractivity contribution is 0.0529. The molecule has 0 saturated carbocycles. The zero-order valence-corrected chi connectivity index (χ0v) is 15.8. The molecular formula is C20H19NO5S. The molecule has 6 nitrogen and oxygen atoms in total. The van der Waals surface area contributed by atoms with Crippen LogP contribution in [-0.4, -0.2) is 25.6 Å². The Hall–Kier alpha value is -3.06. The molecule has 1 amide bonds. The summed E-state index contributed by atoms with van der Waals surface area (Å²) in [5, 5.41) is 0.835. The van der Waals surface area contributed by atoms with Gasteiger partial charge in [0.15, 0.2) is 0 Å². The third kappa shape index (κ3) is 3.88. The van der Waals surface area contributed by atoms with Crippen LogP contribution in [0, 0.1) is 0 Å². The topological polar surface area (TPSA) is 87.8 Å². The number of amides is 1. The lowest BCUT2D eigenvalue weighted by Gasteiger charge is -2.10. The van der Waals surface area contributed by atoms with Crippen LogP contribution in [0.2, 0.25) is 0 Å². The summed E-state index contributed by atoms with van der Waals surface area (Å²) in [5.74, 6) is 0.342. The summed E-state index contributed by atoms with van der Waals surface area (Å²) in [4.78, 5) is 24.1. The molecular weight excluding hydrogens is 366 g/mol. The maximum absolute atomic E-state index is 12.4. The molecule has 7 heteroatoms. The lowest BCUT2D eigenvalue weighted by Crippen LogP contribution is -2.10. The van der Waals surface area contributed by atoms with Gasteiger partial charge in [0.2, 0.25) is 5.91 Å². The Labute approximate surface area is 160 Å². The van der Waals surface area contributed by atoms with E-state index in [1.54, 1.807) is 38.3 Å². The average molecular weight is 385 g/mol.